The Kier molecular flexibility index (Phi) is 6.07. The largest absolute Gasteiger partial charge is 0.359 e. The minimum absolute atomic E-state index is 0.654. The molecule has 0 aromatic carbocycles. The molecule has 5 nitrogen and oxygen atoms in total. The summed E-state index contributed by atoms with van der Waals surface area (Å²) in [6.07, 6.45) is 5.60. The molecule has 3 N–H and O–H groups in total. The van der Waals surface area contributed by atoms with Gasteiger partial charge in [-0.25, -0.2) is 15.8 Å². The Hall–Kier alpha value is -1.01. The number of hydrogen-bond donors (Lipinski definition) is 2. The van der Waals surface area contributed by atoms with Gasteiger partial charge in [-0.2, -0.15) is 0 Å². The summed E-state index contributed by atoms with van der Waals surface area (Å²) in [7, 11) is 2.04. The molecule has 1 rings (SSSR count). The molecule has 6 heteroatoms. The van der Waals surface area contributed by atoms with Crippen molar-refractivity contribution in [3.63, 3.8) is 0 Å². The molecule has 0 saturated carbocycles. The van der Waals surface area contributed by atoms with Crippen LogP contribution in [0.1, 0.15) is 26.2 Å². The number of hydrogen-bond acceptors (Lipinski definition) is 6. The third-order valence-corrected chi connectivity index (χ3v) is 3.06. The Morgan fingerprint density at radius 1 is 1.41 bits per heavy atom. The molecule has 1 aromatic rings. The quantitative estimate of drug-likeness (QED) is 0.256. The molecule has 17 heavy (non-hydrogen) atoms. The Bertz CT molecular complexity index is 322. The first-order valence-electron chi connectivity index (χ1n) is 5.82. The van der Waals surface area contributed by atoms with E-state index in [1.165, 1.54) is 31.0 Å². The van der Waals surface area contributed by atoms with E-state index in [4.69, 9.17) is 5.84 Å². The summed E-state index contributed by atoms with van der Waals surface area (Å²) >= 11 is 1.51. The van der Waals surface area contributed by atoms with Gasteiger partial charge in [0.25, 0.3) is 0 Å². The number of aromatic nitrogens is 2. The zero-order valence-electron chi connectivity index (χ0n) is 10.7. The highest BCUT2D eigenvalue weighted by atomic mass is 32.2. The molecule has 0 radical (unpaired) electrons. The number of nitrogens with one attached hydrogen (secondary N) is 1. The van der Waals surface area contributed by atoms with Crippen molar-refractivity contribution in [1.29, 1.82) is 0 Å². The molecular weight excluding hydrogens is 234 g/mol. The second-order valence-corrected chi connectivity index (χ2v) is 4.64. The Balaban J connectivity index is 2.73. The maximum absolute atomic E-state index is 5.40. The van der Waals surface area contributed by atoms with Crippen LogP contribution in [0, 0.1) is 0 Å². The predicted octanol–water partition coefficient (Wildman–Crippen LogP) is 2.11. The van der Waals surface area contributed by atoms with E-state index in [1.807, 2.05) is 19.4 Å². The fourth-order valence-electron chi connectivity index (χ4n) is 1.49. The molecule has 0 aliphatic heterocycles. The molecule has 0 saturated heterocycles. The van der Waals surface area contributed by atoms with Crippen LogP contribution in [0.15, 0.2) is 11.2 Å². The normalized spacial score (nSPS) is 10.4. The van der Waals surface area contributed by atoms with E-state index in [1.54, 1.807) is 0 Å². The lowest BCUT2D eigenvalue weighted by Gasteiger charge is -2.19. The van der Waals surface area contributed by atoms with Crippen LogP contribution in [-0.4, -0.2) is 29.8 Å². The van der Waals surface area contributed by atoms with Gasteiger partial charge in [-0.1, -0.05) is 31.5 Å². The van der Waals surface area contributed by atoms with Crippen LogP contribution in [0.2, 0.25) is 0 Å². The van der Waals surface area contributed by atoms with Crippen LogP contribution < -0.4 is 16.2 Å². The van der Waals surface area contributed by atoms with Gasteiger partial charge in [-0.15, -0.1) is 0 Å². The van der Waals surface area contributed by atoms with Crippen molar-refractivity contribution in [3.8, 4) is 0 Å². The lowest BCUT2D eigenvalue weighted by molar-refractivity contribution is 0.698. The summed E-state index contributed by atoms with van der Waals surface area (Å²) in [5, 5.41) is 0.734. The van der Waals surface area contributed by atoms with Crippen LogP contribution in [0.4, 0.5) is 11.6 Å². The van der Waals surface area contributed by atoms with Crippen molar-refractivity contribution in [2.24, 2.45) is 5.84 Å². The van der Waals surface area contributed by atoms with E-state index in [0.717, 1.165) is 17.5 Å². The van der Waals surface area contributed by atoms with Crippen molar-refractivity contribution in [3.05, 3.63) is 6.07 Å². The minimum atomic E-state index is 0.654. The number of unbranched alkanes of at least 4 members (excludes halogenated alkanes) is 2. The summed E-state index contributed by atoms with van der Waals surface area (Å²) in [6.45, 7) is 3.20. The van der Waals surface area contributed by atoms with Gasteiger partial charge in [-0.3, -0.25) is 0 Å². The molecule has 0 amide bonds. The van der Waals surface area contributed by atoms with E-state index in [0.29, 0.717) is 5.82 Å². The first kappa shape index (κ1) is 14.1. The number of nitrogens with zero attached hydrogens (tertiary/aromatic N) is 3. The van der Waals surface area contributed by atoms with Gasteiger partial charge in [0.15, 0.2) is 5.16 Å². The van der Waals surface area contributed by atoms with Crippen LogP contribution in [0.5, 0.6) is 0 Å². The van der Waals surface area contributed by atoms with E-state index in [9.17, 15) is 0 Å². The average molecular weight is 255 g/mol. The van der Waals surface area contributed by atoms with Gasteiger partial charge in [0.2, 0.25) is 0 Å². The summed E-state index contributed by atoms with van der Waals surface area (Å²) < 4.78 is 0. The fraction of sp³-hybridized carbons (Fsp3) is 0.636. The van der Waals surface area contributed by atoms with Crippen LogP contribution >= 0.6 is 11.8 Å². The number of thioether (sulfide) groups is 1. The zero-order valence-corrected chi connectivity index (χ0v) is 11.5. The Morgan fingerprint density at radius 3 is 2.76 bits per heavy atom. The fourth-order valence-corrected chi connectivity index (χ4v) is 1.86. The standard InChI is InChI=1S/C11H21N5S/c1-4-5-6-7-16(2)10-8-9(15-12)13-11(14-10)17-3/h8H,4-7,12H2,1-3H3,(H,13,14,15). The molecule has 1 aromatic heterocycles. The van der Waals surface area contributed by atoms with Gasteiger partial charge < -0.3 is 10.3 Å². The second kappa shape index (κ2) is 7.34. The monoisotopic (exact) mass is 255 g/mol. The molecular formula is C11H21N5S. The summed E-state index contributed by atoms with van der Waals surface area (Å²) in [5.74, 6) is 6.96. The number of nitrogen functional groups attached to an aromatic ring is 1. The topological polar surface area (TPSA) is 67.1 Å². The van der Waals surface area contributed by atoms with E-state index < -0.39 is 0 Å². The molecule has 0 unspecified atom stereocenters. The second-order valence-electron chi connectivity index (χ2n) is 3.87. The Labute approximate surface area is 107 Å². The molecule has 0 aliphatic rings. The van der Waals surface area contributed by atoms with Crippen molar-refractivity contribution in [2.45, 2.75) is 31.3 Å². The van der Waals surface area contributed by atoms with E-state index >= 15 is 0 Å². The molecule has 0 spiro atoms. The molecule has 0 atom stereocenters. The van der Waals surface area contributed by atoms with Gasteiger partial charge in [0, 0.05) is 19.7 Å². The van der Waals surface area contributed by atoms with Gasteiger partial charge in [0.05, 0.1) is 0 Å². The highest BCUT2D eigenvalue weighted by Gasteiger charge is 2.07. The third kappa shape index (κ3) is 4.40. The van der Waals surface area contributed by atoms with Crippen molar-refractivity contribution >= 4 is 23.4 Å². The third-order valence-electron chi connectivity index (χ3n) is 2.51. The highest BCUT2D eigenvalue weighted by molar-refractivity contribution is 7.98. The maximum Gasteiger partial charge on any atom is 0.191 e. The number of anilines is 2. The first-order chi connectivity index (χ1) is 8.21. The van der Waals surface area contributed by atoms with Crippen LogP contribution in [0.3, 0.4) is 0 Å². The first-order valence-corrected chi connectivity index (χ1v) is 7.04. The minimum Gasteiger partial charge on any atom is -0.359 e. The smallest absolute Gasteiger partial charge is 0.191 e. The number of hydrazine groups is 1. The van der Waals surface area contributed by atoms with Gasteiger partial charge in [-0.05, 0) is 12.7 Å². The van der Waals surface area contributed by atoms with E-state index in [2.05, 4.69) is 27.2 Å². The lowest BCUT2D eigenvalue weighted by atomic mass is 10.2. The zero-order chi connectivity index (χ0) is 12.7. The van der Waals surface area contributed by atoms with Gasteiger partial charge >= 0.3 is 0 Å². The average Bonchev–Trinajstić information content (AvgIpc) is 2.38. The van der Waals surface area contributed by atoms with Gasteiger partial charge in [0.1, 0.15) is 11.6 Å². The van der Waals surface area contributed by atoms with Crippen molar-refractivity contribution in [1.82, 2.24) is 9.97 Å². The molecule has 0 fully saturated rings. The summed E-state index contributed by atoms with van der Waals surface area (Å²) in [6, 6.07) is 1.87. The molecule has 1 heterocycles. The summed E-state index contributed by atoms with van der Waals surface area (Å²) in [4.78, 5) is 10.8. The molecule has 0 aliphatic carbocycles. The van der Waals surface area contributed by atoms with Crippen molar-refractivity contribution in [2.75, 3.05) is 30.2 Å². The molecule has 0 bridgehead atoms. The number of rotatable bonds is 7. The Morgan fingerprint density at radius 2 is 2.18 bits per heavy atom. The van der Waals surface area contributed by atoms with Crippen LogP contribution in [0.25, 0.3) is 0 Å². The number of nitrogens with two attached hydrogens (primary N) is 1. The SMILES string of the molecule is CCCCCN(C)c1cc(NN)nc(SC)n1. The predicted molar refractivity (Wildman–Crippen MR) is 74.4 cm³/mol. The van der Waals surface area contributed by atoms with Crippen molar-refractivity contribution < 1.29 is 0 Å². The molecule has 96 valence electrons. The van der Waals surface area contributed by atoms with Crippen LogP contribution in [-0.2, 0) is 0 Å². The highest BCUT2D eigenvalue weighted by Crippen LogP contribution is 2.19. The summed E-state index contributed by atoms with van der Waals surface area (Å²) in [5.41, 5.74) is 2.57. The maximum atomic E-state index is 5.40. The van der Waals surface area contributed by atoms with E-state index in [-0.39, 0.29) is 0 Å². The lowest BCUT2D eigenvalue weighted by Crippen LogP contribution is -2.21.